The standard InChI is InChI=1S/C15H27N5O/c1-6-12(7-2)20(8-9-21-5)15-13(14(16)17)10(3)11(4)18-19-15/h12H,6-9H2,1-5H3,(H3,16,17). The van der Waals surface area contributed by atoms with E-state index in [0.29, 0.717) is 30.6 Å². The van der Waals surface area contributed by atoms with Gasteiger partial charge in [-0.25, -0.2) is 0 Å². The lowest BCUT2D eigenvalue weighted by atomic mass is 10.0. The predicted molar refractivity (Wildman–Crippen MR) is 86.1 cm³/mol. The van der Waals surface area contributed by atoms with E-state index in [4.69, 9.17) is 15.9 Å². The molecule has 6 nitrogen and oxygen atoms in total. The number of aryl methyl sites for hydroxylation is 1. The van der Waals surface area contributed by atoms with Crippen LogP contribution in [0.5, 0.6) is 0 Å². The van der Waals surface area contributed by atoms with Crippen molar-refractivity contribution in [2.75, 3.05) is 25.2 Å². The lowest BCUT2D eigenvalue weighted by molar-refractivity contribution is 0.202. The molecule has 0 aliphatic rings. The smallest absolute Gasteiger partial charge is 0.162 e. The summed E-state index contributed by atoms with van der Waals surface area (Å²) in [5, 5.41) is 16.4. The third kappa shape index (κ3) is 3.91. The fraction of sp³-hybridized carbons (Fsp3) is 0.667. The number of nitrogens with two attached hydrogens (primary N) is 1. The Labute approximate surface area is 127 Å². The number of methoxy groups -OCH3 is 1. The van der Waals surface area contributed by atoms with Crippen LogP contribution in [0, 0.1) is 19.3 Å². The van der Waals surface area contributed by atoms with Crippen LogP contribution in [0.2, 0.25) is 0 Å². The summed E-state index contributed by atoms with van der Waals surface area (Å²) in [5.74, 6) is 0.727. The summed E-state index contributed by atoms with van der Waals surface area (Å²) in [6.45, 7) is 9.43. The van der Waals surface area contributed by atoms with Crippen LogP contribution in [0.4, 0.5) is 5.82 Å². The minimum Gasteiger partial charge on any atom is -0.384 e. The first-order chi connectivity index (χ1) is 9.97. The molecule has 1 heterocycles. The lowest BCUT2D eigenvalue weighted by Gasteiger charge is -2.32. The summed E-state index contributed by atoms with van der Waals surface area (Å²) < 4.78 is 5.21. The van der Waals surface area contributed by atoms with Crippen LogP contribution >= 0.6 is 0 Å². The number of nitrogens with one attached hydrogen (secondary N) is 1. The van der Waals surface area contributed by atoms with Crippen molar-refractivity contribution in [2.24, 2.45) is 5.73 Å². The molecule has 0 aliphatic heterocycles. The average molecular weight is 293 g/mol. The van der Waals surface area contributed by atoms with E-state index in [1.165, 1.54) is 0 Å². The molecule has 0 bridgehead atoms. The Morgan fingerprint density at radius 3 is 2.38 bits per heavy atom. The van der Waals surface area contributed by atoms with Gasteiger partial charge in [-0.1, -0.05) is 13.8 Å². The number of anilines is 1. The number of hydrogen-bond acceptors (Lipinski definition) is 5. The highest BCUT2D eigenvalue weighted by atomic mass is 16.5. The van der Waals surface area contributed by atoms with Crippen LogP contribution in [0.1, 0.15) is 43.5 Å². The van der Waals surface area contributed by atoms with Gasteiger partial charge in [0, 0.05) is 19.7 Å². The van der Waals surface area contributed by atoms with Crippen LogP contribution in [0.15, 0.2) is 0 Å². The molecular formula is C15H27N5O. The van der Waals surface area contributed by atoms with Crippen LogP contribution in [-0.2, 0) is 4.74 Å². The Bertz CT molecular complexity index is 485. The molecule has 0 spiro atoms. The SMILES string of the molecule is CCC(CC)N(CCOC)c1nnc(C)c(C)c1C(=N)N. The Hall–Kier alpha value is -1.69. The Morgan fingerprint density at radius 1 is 1.29 bits per heavy atom. The summed E-state index contributed by atoms with van der Waals surface area (Å²) in [5.41, 5.74) is 8.20. The molecule has 3 N–H and O–H groups in total. The molecule has 0 aromatic carbocycles. The van der Waals surface area contributed by atoms with Gasteiger partial charge >= 0.3 is 0 Å². The van der Waals surface area contributed by atoms with Crippen molar-refractivity contribution in [3.05, 3.63) is 16.8 Å². The van der Waals surface area contributed by atoms with Crippen LogP contribution in [-0.4, -0.2) is 42.3 Å². The number of rotatable bonds is 8. The van der Waals surface area contributed by atoms with Gasteiger partial charge in [0.2, 0.25) is 0 Å². The first-order valence-electron chi connectivity index (χ1n) is 7.41. The van der Waals surface area contributed by atoms with Crippen LogP contribution < -0.4 is 10.6 Å². The summed E-state index contributed by atoms with van der Waals surface area (Å²) in [6, 6.07) is 0.328. The largest absolute Gasteiger partial charge is 0.384 e. The molecule has 0 aliphatic carbocycles. The maximum atomic E-state index is 7.89. The van der Waals surface area contributed by atoms with E-state index >= 15 is 0 Å². The normalized spacial score (nSPS) is 11.0. The highest BCUT2D eigenvalue weighted by Gasteiger charge is 2.23. The Morgan fingerprint density at radius 2 is 1.90 bits per heavy atom. The number of nitrogens with zero attached hydrogens (tertiary/aromatic N) is 3. The van der Waals surface area contributed by atoms with E-state index in [9.17, 15) is 0 Å². The molecule has 0 radical (unpaired) electrons. The first kappa shape index (κ1) is 17.4. The van der Waals surface area contributed by atoms with Gasteiger partial charge in [-0.3, -0.25) is 5.41 Å². The molecule has 0 unspecified atom stereocenters. The highest BCUT2D eigenvalue weighted by molar-refractivity contribution is 6.01. The second-order valence-corrected chi connectivity index (χ2v) is 5.18. The Kier molecular flexibility index (Phi) is 6.55. The number of hydrogen-bond donors (Lipinski definition) is 2. The minimum absolute atomic E-state index is 0.0360. The minimum atomic E-state index is 0.0360. The second kappa shape index (κ2) is 7.93. The fourth-order valence-corrected chi connectivity index (χ4v) is 2.50. The predicted octanol–water partition coefficient (Wildman–Crippen LogP) is 2.02. The third-order valence-corrected chi connectivity index (χ3v) is 3.90. The number of amidine groups is 1. The fourth-order valence-electron chi connectivity index (χ4n) is 2.50. The molecule has 118 valence electrons. The molecule has 0 amide bonds. The molecule has 1 rings (SSSR count). The van der Waals surface area contributed by atoms with Crippen molar-refractivity contribution >= 4 is 11.7 Å². The Balaban J connectivity index is 3.35. The zero-order valence-corrected chi connectivity index (χ0v) is 13.7. The van der Waals surface area contributed by atoms with Gasteiger partial charge in [0.1, 0.15) is 5.84 Å². The molecule has 1 aromatic rings. The average Bonchev–Trinajstić information content (AvgIpc) is 2.46. The number of ether oxygens (including phenoxy) is 1. The van der Waals surface area contributed by atoms with Gasteiger partial charge in [0.25, 0.3) is 0 Å². The summed E-state index contributed by atoms with van der Waals surface area (Å²) in [7, 11) is 1.68. The van der Waals surface area contributed by atoms with E-state index in [-0.39, 0.29) is 5.84 Å². The second-order valence-electron chi connectivity index (χ2n) is 5.18. The molecule has 21 heavy (non-hydrogen) atoms. The maximum absolute atomic E-state index is 7.89. The van der Waals surface area contributed by atoms with E-state index in [1.54, 1.807) is 7.11 Å². The molecule has 0 atom stereocenters. The van der Waals surface area contributed by atoms with E-state index in [1.807, 2.05) is 13.8 Å². The van der Waals surface area contributed by atoms with Gasteiger partial charge in [-0.2, -0.15) is 5.10 Å². The molecule has 6 heteroatoms. The van der Waals surface area contributed by atoms with Gasteiger partial charge < -0.3 is 15.4 Å². The van der Waals surface area contributed by atoms with Gasteiger partial charge in [0.15, 0.2) is 5.82 Å². The van der Waals surface area contributed by atoms with E-state index < -0.39 is 0 Å². The molecule has 1 aromatic heterocycles. The zero-order valence-electron chi connectivity index (χ0n) is 13.7. The molecule has 0 saturated heterocycles. The van der Waals surface area contributed by atoms with E-state index in [0.717, 1.165) is 24.1 Å². The van der Waals surface area contributed by atoms with Gasteiger partial charge in [-0.05, 0) is 32.3 Å². The van der Waals surface area contributed by atoms with Crippen LogP contribution in [0.3, 0.4) is 0 Å². The van der Waals surface area contributed by atoms with Crippen molar-refractivity contribution < 1.29 is 4.74 Å². The highest BCUT2D eigenvalue weighted by Crippen LogP contribution is 2.25. The third-order valence-electron chi connectivity index (χ3n) is 3.90. The zero-order chi connectivity index (χ0) is 16.0. The molecule has 0 fully saturated rings. The molecule has 0 saturated carbocycles. The summed E-state index contributed by atoms with van der Waals surface area (Å²) >= 11 is 0. The van der Waals surface area contributed by atoms with Crippen molar-refractivity contribution in [3.8, 4) is 0 Å². The maximum Gasteiger partial charge on any atom is 0.162 e. The van der Waals surface area contributed by atoms with E-state index in [2.05, 4.69) is 28.9 Å². The number of nitrogen functional groups attached to an aromatic ring is 1. The molecular weight excluding hydrogens is 266 g/mol. The van der Waals surface area contributed by atoms with Gasteiger partial charge in [-0.15, -0.1) is 5.10 Å². The lowest BCUT2D eigenvalue weighted by Crippen LogP contribution is -2.39. The van der Waals surface area contributed by atoms with Crippen molar-refractivity contribution in [3.63, 3.8) is 0 Å². The number of aromatic nitrogens is 2. The topological polar surface area (TPSA) is 88.1 Å². The quantitative estimate of drug-likeness (QED) is 0.565. The summed E-state index contributed by atoms with van der Waals surface area (Å²) in [4.78, 5) is 2.17. The van der Waals surface area contributed by atoms with Crippen molar-refractivity contribution in [1.29, 1.82) is 5.41 Å². The first-order valence-corrected chi connectivity index (χ1v) is 7.41. The van der Waals surface area contributed by atoms with Crippen molar-refractivity contribution in [2.45, 2.75) is 46.6 Å². The summed E-state index contributed by atoms with van der Waals surface area (Å²) in [6.07, 6.45) is 1.98. The van der Waals surface area contributed by atoms with Crippen molar-refractivity contribution in [1.82, 2.24) is 10.2 Å². The van der Waals surface area contributed by atoms with Crippen LogP contribution in [0.25, 0.3) is 0 Å². The van der Waals surface area contributed by atoms with Gasteiger partial charge in [0.05, 0.1) is 17.9 Å². The monoisotopic (exact) mass is 293 g/mol.